The van der Waals surface area contributed by atoms with Crippen molar-refractivity contribution < 1.29 is 27.4 Å². The molecule has 2 heterocycles. The number of alkyl halides is 3. The molecule has 0 radical (unpaired) electrons. The van der Waals surface area contributed by atoms with Crippen molar-refractivity contribution in [1.82, 2.24) is 4.98 Å². The van der Waals surface area contributed by atoms with E-state index in [1.54, 1.807) is 11.4 Å². The Morgan fingerprint density at radius 2 is 2.03 bits per heavy atom. The van der Waals surface area contributed by atoms with E-state index in [0.29, 0.717) is 34.3 Å². The molecule has 1 aliphatic rings. The molecule has 1 saturated heterocycles. The number of rotatable bonds is 7. The number of hydrogen-bond donors (Lipinski definition) is 1. The van der Waals surface area contributed by atoms with Gasteiger partial charge in [0.05, 0.1) is 29.5 Å². The highest BCUT2D eigenvalue weighted by Gasteiger charge is 2.30. The lowest BCUT2D eigenvalue weighted by Gasteiger charge is -2.16. The summed E-state index contributed by atoms with van der Waals surface area (Å²) in [5.41, 5.74) is 1.99. The first-order valence-electron chi connectivity index (χ1n) is 10.5. The predicted octanol–water partition coefficient (Wildman–Crippen LogP) is 5.88. The molecule has 1 fully saturated rings. The minimum absolute atomic E-state index is 0.0379. The third kappa shape index (κ3) is 6.11. The Morgan fingerprint density at radius 1 is 1.24 bits per heavy atom. The molecule has 1 aromatic heterocycles. The van der Waals surface area contributed by atoms with E-state index in [0.717, 1.165) is 37.1 Å². The molecule has 3 aromatic rings. The second-order valence-corrected chi connectivity index (χ2v) is 8.75. The number of nitrogens with one attached hydrogen (secondary N) is 1. The summed E-state index contributed by atoms with van der Waals surface area (Å²) in [4.78, 5) is 17.0. The first kappa shape index (κ1) is 23.3. The third-order valence-electron chi connectivity index (χ3n) is 5.21. The van der Waals surface area contributed by atoms with Gasteiger partial charge in [0.1, 0.15) is 17.4 Å². The maximum Gasteiger partial charge on any atom is 0.416 e. The molecule has 9 heteroatoms. The van der Waals surface area contributed by atoms with E-state index in [-0.39, 0.29) is 18.4 Å². The Hall–Kier alpha value is -2.91. The minimum atomic E-state index is -4.38. The molecule has 5 nitrogen and oxygen atoms in total. The van der Waals surface area contributed by atoms with Crippen molar-refractivity contribution in [3.8, 4) is 16.3 Å². The number of hydrogen-bond acceptors (Lipinski definition) is 5. The second-order valence-electron chi connectivity index (χ2n) is 7.89. The van der Waals surface area contributed by atoms with Gasteiger partial charge in [-0.1, -0.05) is 18.2 Å². The number of ether oxygens (including phenoxy) is 2. The van der Waals surface area contributed by atoms with Crippen molar-refractivity contribution in [2.45, 2.75) is 38.5 Å². The average Bonchev–Trinajstić information content (AvgIpc) is 3.45. The van der Waals surface area contributed by atoms with E-state index in [1.807, 2.05) is 19.1 Å². The number of benzene rings is 2. The first-order chi connectivity index (χ1) is 15.8. The predicted molar refractivity (Wildman–Crippen MR) is 121 cm³/mol. The summed E-state index contributed by atoms with van der Waals surface area (Å²) in [6.45, 7) is 3.12. The maximum absolute atomic E-state index is 12.8. The minimum Gasteiger partial charge on any atom is -0.489 e. The highest BCUT2D eigenvalue weighted by Crippen LogP contribution is 2.32. The van der Waals surface area contributed by atoms with Crippen LogP contribution in [0.15, 0.2) is 47.8 Å². The Balaban J connectivity index is 1.39. The zero-order chi connectivity index (χ0) is 23.4. The second kappa shape index (κ2) is 9.93. The van der Waals surface area contributed by atoms with Crippen molar-refractivity contribution in [3.63, 3.8) is 0 Å². The van der Waals surface area contributed by atoms with Crippen LogP contribution in [-0.4, -0.2) is 30.2 Å². The van der Waals surface area contributed by atoms with Crippen molar-refractivity contribution in [1.29, 1.82) is 0 Å². The molecule has 174 valence electrons. The SMILES string of the molecule is Cc1ccc(NC(=O)Cc2csc(-c3ccc(C(F)(F)F)cc3)n2)c(OCC2CCCO2)c1. The molecule has 0 bridgehead atoms. The van der Waals surface area contributed by atoms with Gasteiger partial charge in [0.25, 0.3) is 0 Å². The van der Waals surface area contributed by atoms with Crippen LogP contribution in [0.4, 0.5) is 18.9 Å². The van der Waals surface area contributed by atoms with Crippen LogP contribution in [0, 0.1) is 6.92 Å². The molecule has 1 N–H and O–H groups in total. The van der Waals surface area contributed by atoms with Gasteiger partial charge >= 0.3 is 6.18 Å². The molecule has 4 rings (SSSR count). The standard InChI is InChI=1S/C24H23F3N2O3S/c1-15-4-9-20(21(11-15)32-13-19-3-2-10-31-19)29-22(30)12-18-14-33-23(28-18)16-5-7-17(8-6-16)24(25,26)27/h4-9,11,14,19H,2-3,10,12-13H2,1H3,(H,29,30). The molecule has 0 spiro atoms. The van der Waals surface area contributed by atoms with E-state index in [4.69, 9.17) is 9.47 Å². The average molecular weight is 477 g/mol. The van der Waals surface area contributed by atoms with E-state index >= 15 is 0 Å². The van der Waals surface area contributed by atoms with Gasteiger partial charge in [-0.15, -0.1) is 11.3 Å². The van der Waals surface area contributed by atoms with Gasteiger partial charge in [0.2, 0.25) is 5.91 Å². The third-order valence-corrected chi connectivity index (χ3v) is 6.15. The molecule has 1 unspecified atom stereocenters. The number of thiazole rings is 1. The number of anilines is 1. The Kier molecular flexibility index (Phi) is 6.99. The van der Waals surface area contributed by atoms with Crippen LogP contribution in [0.3, 0.4) is 0 Å². The van der Waals surface area contributed by atoms with Gasteiger partial charge in [0, 0.05) is 17.6 Å². The summed E-state index contributed by atoms with van der Waals surface area (Å²) in [6.07, 6.45) is -2.30. The maximum atomic E-state index is 12.8. The number of aromatic nitrogens is 1. The summed E-state index contributed by atoms with van der Waals surface area (Å²) >= 11 is 1.28. The Labute approximate surface area is 193 Å². The molecule has 33 heavy (non-hydrogen) atoms. The number of carbonyl (C=O) groups excluding carboxylic acids is 1. The van der Waals surface area contributed by atoms with Crippen LogP contribution in [-0.2, 0) is 22.1 Å². The van der Waals surface area contributed by atoms with Crippen molar-refractivity contribution >= 4 is 22.9 Å². The lowest BCUT2D eigenvalue weighted by molar-refractivity contribution is -0.137. The van der Waals surface area contributed by atoms with Crippen molar-refractivity contribution in [2.75, 3.05) is 18.5 Å². The van der Waals surface area contributed by atoms with Crippen molar-refractivity contribution in [3.05, 3.63) is 64.7 Å². The molecule has 1 aliphatic heterocycles. The van der Waals surface area contributed by atoms with Crippen LogP contribution in [0.2, 0.25) is 0 Å². The number of amides is 1. The zero-order valence-corrected chi connectivity index (χ0v) is 18.8. The monoisotopic (exact) mass is 476 g/mol. The summed E-state index contributed by atoms with van der Waals surface area (Å²) in [7, 11) is 0. The normalized spacial score (nSPS) is 16.1. The number of carbonyl (C=O) groups is 1. The quantitative estimate of drug-likeness (QED) is 0.463. The van der Waals surface area contributed by atoms with E-state index in [9.17, 15) is 18.0 Å². The molecule has 1 amide bonds. The number of halogens is 3. The molecular weight excluding hydrogens is 453 g/mol. The molecule has 2 aromatic carbocycles. The smallest absolute Gasteiger partial charge is 0.416 e. The fraction of sp³-hybridized carbons (Fsp3) is 0.333. The highest BCUT2D eigenvalue weighted by atomic mass is 32.1. The number of nitrogens with zero attached hydrogens (tertiary/aromatic N) is 1. The van der Waals surface area contributed by atoms with E-state index in [2.05, 4.69) is 10.3 Å². The van der Waals surface area contributed by atoms with Crippen LogP contribution in [0.5, 0.6) is 5.75 Å². The summed E-state index contributed by atoms with van der Waals surface area (Å²) in [6, 6.07) is 10.4. The van der Waals surface area contributed by atoms with Gasteiger partial charge in [-0.25, -0.2) is 4.98 Å². The summed E-state index contributed by atoms with van der Waals surface area (Å²) < 4.78 is 49.8. The van der Waals surface area contributed by atoms with Gasteiger partial charge in [-0.2, -0.15) is 13.2 Å². The lowest BCUT2D eigenvalue weighted by atomic mass is 10.1. The highest BCUT2D eigenvalue weighted by molar-refractivity contribution is 7.13. The summed E-state index contributed by atoms with van der Waals surface area (Å²) in [5.74, 6) is 0.327. The van der Waals surface area contributed by atoms with Gasteiger partial charge in [0.15, 0.2) is 0 Å². The van der Waals surface area contributed by atoms with E-state index in [1.165, 1.54) is 23.5 Å². The van der Waals surface area contributed by atoms with Crippen LogP contribution >= 0.6 is 11.3 Å². The molecule has 0 saturated carbocycles. The number of aryl methyl sites for hydroxylation is 1. The van der Waals surface area contributed by atoms with Crippen LogP contribution in [0.25, 0.3) is 10.6 Å². The van der Waals surface area contributed by atoms with Gasteiger partial charge < -0.3 is 14.8 Å². The van der Waals surface area contributed by atoms with Crippen LogP contribution < -0.4 is 10.1 Å². The molecular formula is C24H23F3N2O3S. The zero-order valence-electron chi connectivity index (χ0n) is 17.9. The fourth-order valence-corrected chi connectivity index (χ4v) is 4.32. The summed E-state index contributed by atoms with van der Waals surface area (Å²) in [5, 5.41) is 5.16. The van der Waals surface area contributed by atoms with Gasteiger partial charge in [-0.3, -0.25) is 4.79 Å². The Morgan fingerprint density at radius 3 is 2.73 bits per heavy atom. The Bertz CT molecular complexity index is 1110. The van der Waals surface area contributed by atoms with Crippen molar-refractivity contribution in [2.24, 2.45) is 0 Å². The molecule has 0 aliphatic carbocycles. The van der Waals surface area contributed by atoms with Gasteiger partial charge in [-0.05, 0) is 49.6 Å². The van der Waals surface area contributed by atoms with Crippen LogP contribution in [0.1, 0.15) is 29.7 Å². The fourth-order valence-electron chi connectivity index (χ4n) is 3.49. The topological polar surface area (TPSA) is 60.5 Å². The molecule has 1 atom stereocenters. The largest absolute Gasteiger partial charge is 0.489 e. The van der Waals surface area contributed by atoms with E-state index < -0.39 is 11.7 Å². The first-order valence-corrected chi connectivity index (χ1v) is 11.4. The lowest BCUT2D eigenvalue weighted by Crippen LogP contribution is -2.19.